The van der Waals surface area contributed by atoms with E-state index in [4.69, 9.17) is 0 Å². The third-order valence-electron chi connectivity index (χ3n) is 4.81. The van der Waals surface area contributed by atoms with Gasteiger partial charge in [-0.1, -0.05) is 30.3 Å². The summed E-state index contributed by atoms with van der Waals surface area (Å²) in [6.07, 6.45) is 0.892. The lowest BCUT2D eigenvalue weighted by molar-refractivity contribution is -0.130. The zero-order valence-corrected chi connectivity index (χ0v) is 15.2. The summed E-state index contributed by atoms with van der Waals surface area (Å²) in [7, 11) is 0. The largest absolute Gasteiger partial charge is 0.345 e. The van der Waals surface area contributed by atoms with E-state index in [9.17, 15) is 4.79 Å². The van der Waals surface area contributed by atoms with Crippen molar-refractivity contribution in [3.05, 3.63) is 59.4 Å². The molecule has 6 heteroatoms. The average Bonchev–Trinajstić information content (AvgIpc) is 3.00. The standard InChI is InChI=1S/C20H23N5O/c1-15-13-19(25-18(21-15)12-16(2)22-25)24-11-10-23(20(26)14-24)9-8-17-6-4-3-5-7-17/h3-7,12-13H,8-11,14H2,1-2H3. The number of hydrogen-bond acceptors (Lipinski definition) is 4. The molecule has 0 radical (unpaired) electrons. The van der Waals surface area contributed by atoms with E-state index in [1.54, 1.807) is 0 Å². The number of aromatic nitrogens is 3. The molecule has 0 atom stereocenters. The van der Waals surface area contributed by atoms with Crippen LogP contribution in [0.5, 0.6) is 0 Å². The van der Waals surface area contributed by atoms with E-state index < -0.39 is 0 Å². The Kier molecular flexibility index (Phi) is 4.32. The molecule has 1 amide bonds. The fourth-order valence-corrected chi connectivity index (χ4v) is 3.47. The molecule has 1 aliphatic heterocycles. The van der Waals surface area contributed by atoms with Gasteiger partial charge in [0.25, 0.3) is 0 Å². The SMILES string of the molecule is Cc1cc(N2CCN(CCc3ccccc3)C(=O)C2)n2nc(C)cc2n1. The highest BCUT2D eigenvalue weighted by Crippen LogP contribution is 2.20. The van der Waals surface area contributed by atoms with Crippen LogP contribution in [0.1, 0.15) is 17.0 Å². The first-order valence-corrected chi connectivity index (χ1v) is 9.01. The number of aryl methyl sites for hydroxylation is 2. The molecule has 0 unspecified atom stereocenters. The maximum atomic E-state index is 12.7. The maximum absolute atomic E-state index is 12.7. The molecule has 134 valence electrons. The van der Waals surface area contributed by atoms with Crippen molar-refractivity contribution >= 4 is 17.4 Å². The summed E-state index contributed by atoms with van der Waals surface area (Å²) in [6.45, 7) is 6.62. The average molecular weight is 349 g/mol. The first-order chi connectivity index (χ1) is 12.6. The molecule has 6 nitrogen and oxygen atoms in total. The summed E-state index contributed by atoms with van der Waals surface area (Å²) in [5, 5.41) is 4.54. The van der Waals surface area contributed by atoms with Crippen LogP contribution in [0.4, 0.5) is 5.82 Å². The molecule has 1 aromatic carbocycles. The molecule has 0 spiro atoms. The van der Waals surface area contributed by atoms with Gasteiger partial charge in [-0.2, -0.15) is 9.61 Å². The highest BCUT2D eigenvalue weighted by Gasteiger charge is 2.25. The molecule has 1 fully saturated rings. The Labute approximate surface area is 153 Å². The Morgan fingerprint density at radius 1 is 1.04 bits per heavy atom. The lowest BCUT2D eigenvalue weighted by atomic mass is 10.1. The van der Waals surface area contributed by atoms with Gasteiger partial charge in [0.2, 0.25) is 5.91 Å². The van der Waals surface area contributed by atoms with Crippen molar-refractivity contribution in [2.75, 3.05) is 31.1 Å². The van der Waals surface area contributed by atoms with Crippen molar-refractivity contribution in [2.24, 2.45) is 0 Å². The van der Waals surface area contributed by atoms with E-state index in [0.717, 1.165) is 48.9 Å². The number of hydrogen-bond donors (Lipinski definition) is 0. The molecule has 4 rings (SSSR count). The predicted molar refractivity (Wildman–Crippen MR) is 101 cm³/mol. The monoisotopic (exact) mass is 349 g/mol. The molecule has 2 aromatic heterocycles. The summed E-state index contributed by atoms with van der Waals surface area (Å²) in [5.74, 6) is 1.11. The van der Waals surface area contributed by atoms with Gasteiger partial charge in [0, 0.05) is 37.5 Å². The molecule has 1 aliphatic rings. The van der Waals surface area contributed by atoms with Gasteiger partial charge < -0.3 is 9.80 Å². The van der Waals surface area contributed by atoms with Crippen molar-refractivity contribution in [2.45, 2.75) is 20.3 Å². The van der Waals surface area contributed by atoms with Crippen LogP contribution in [0.2, 0.25) is 0 Å². The number of benzene rings is 1. The van der Waals surface area contributed by atoms with Crippen molar-refractivity contribution in [1.82, 2.24) is 19.5 Å². The molecular weight excluding hydrogens is 326 g/mol. The zero-order chi connectivity index (χ0) is 18.1. The van der Waals surface area contributed by atoms with Crippen LogP contribution in [-0.2, 0) is 11.2 Å². The Hall–Kier alpha value is -2.89. The van der Waals surface area contributed by atoms with E-state index in [0.29, 0.717) is 6.54 Å². The maximum Gasteiger partial charge on any atom is 0.242 e. The lowest BCUT2D eigenvalue weighted by Gasteiger charge is -2.35. The van der Waals surface area contributed by atoms with Crippen LogP contribution < -0.4 is 4.90 Å². The van der Waals surface area contributed by atoms with Gasteiger partial charge >= 0.3 is 0 Å². The highest BCUT2D eigenvalue weighted by atomic mass is 16.2. The summed E-state index contributed by atoms with van der Waals surface area (Å²) >= 11 is 0. The first kappa shape index (κ1) is 16.6. The van der Waals surface area contributed by atoms with Crippen molar-refractivity contribution < 1.29 is 4.79 Å². The predicted octanol–water partition coefficient (Wildman–Crippen LogP) is 2.24. The van der Waals surface area contributed by atoms with Crippen LogP contribution >= 0.6 is 0 Å². The van der Waals surface area contributed by atoms with Gasteiger partial charge in [0.1, 0.15) is 5.82 Å². The van der Waals surface area contributed by atoms with E-state index in [1.165, 1.54) is 5.56 Å². The number of anilines is 1. The number of amides is 1. The lowest BCUT2D eigenvalue weighted by Crippen LogP contribution is -2.51. The minimum Gasteiger partial charge on any atom is -0.345 e. The van der Waals surface area contributed by atoms with Crippen LogP contribution in [0, 0.1) is 13.8 Å². The van der Waals surface area contributed by atoms with Gasteiger partial charge in [-0.15, -0.1) is 0 Å². The van der Waals surface area contributed by atoms with E-state index >= 15 is 0 Å². The van der Waals surface area contributed by atoms with Gasteiger partial charge in [-0.3, -0.25) is 4.79 Å². The van der Waals surface area contributed by atoms with Crippen molar-refractivity contribution in [1.29, 1.82) is 0 Å². The molecule has 3 aromatic rings. The minimum absolute atomic E-state index is 0.165. The second-order valence-electron chi connectivity index (χ2n) is 6.85. The fraction of sp³-hybridized carbons (Fsp3) is 0.350. The molecule has 1 saturated heterocycles. The van der Waals surface area contributed by atoms with Gasteiger partial charge in [-0.05, 0) is 25.8 Å². The van der Waals surface area contributed by atoms with Gasteiger partial charge in [0.05, 0.1) is 12.2 Å². The van der Waals surface area contributed by atoms with Crippen LogP contribution in [0.3, 0.4) is 0 Å². The Morgan fingerprint density at radius 2 is 1.85 bits per heavy atom. The fourth-order valence-electron chi connectivity index (χ4n) is 3.47. The molecule has 26 heavy (non-hydrogen) atoms. The van der Waals surface area contributed by atoms with E-state index in [1.807, 2.05) is 53.6 Å². The number of carbonyl (C=O) groups is 1. The Balaban J connectivity index is 1.48. The highest BCUT2D eigenvalue weighted by molar-refractivity contribution is 5.82. The molecule has 3 heterocycles. The number of fused-ring (bicyclic) bond motifs is 1. The number of nitrogens with zero attached hydrogens (tertiary/aromatic N) is 5. The number of piperazine rings is 1. The first-order valence-electron chi connectivity index (χ1n) is 9.01. The molecule has 0 bridgehead atoms. The number of rotatable bonds is 4. The molecule has 0 saturated carbocycles. The topological polar surface area (TPSA) is 53.7 Å². The van der Waals surface area contributed by atoms with Crippen molar-refractivity contribution in [3.8, 4) is 0 Å². The summed E-state index contributed by atoms with van der Waals surface area (Å²) < 4.78 is 1.84. The molecular formula is C20H23N5O. The quantitative estimate of drug-likeness (QED) is 0.725. The van der Waals surface area contributed by atoms with E-state index in [-0.39, 0.29) is 5.91 Å². The van der Waals surface area contributed by atoms with Crippen LogP contribution in [0.25, 0.3) is 5.65 Å². The normalized spacial score (nSPS) is 15.1. The Bertz CT molecular complexity index is 934. The van der Waals surface area contributed by atoms with Crippen molar-refractivity contribution in [3.63, 3.8) is 0 Å². The second kappa shape index (κ2) is 6.78. The molecule has 0 aliphatic carbocycles. The number of carbonyl (C=O) groups excluding carboxylic acids is 1. The summed E-state index contributed by atoms with van der Waals surface area (Å²) in [6, 6.07) is 14.3. The van der Waals surface area contributed by atoms with Crippen LogP contribution in [-0.4, -0.2) is 51.6 Å². The third kappa shape index (κ3) is 3.27. The van der Waals surface area contributed by atoms with Gasteiger partial charge in [-0.25, -0.2) is 4.98 Å². The summed E-state index contributed by atoms with van der Waals surface area (Å²) in [4.78, 5) is 21.3. The minimum atomic E-state index is 0.165. The summed E-state index contributed by atoms with van der Waals surface area (Å²) in [5.41, 5.74) is 3.96. The zero-order valence-electron chi connectivity index (χ0n) is 15.2. The van der Waals surface area contributed by atoms with Crippen LogP contribution in [0.15, 0.2) is 42.5 Å². The van der Waals surface area contributed by atoms with E-state index in [2.05, 4.69) is 27.1 Å². The Morgan fingerprint density at radius 3 is 2.62 bits per heavy atom. The molecule has 0 N–H and O–H groups in total. The smallest absolute Gasteiger partial charge is 0.242 e. The second-order valence-corrected chi connectivity index (χ2v) is 6.85. The third-order valence-corrected chi connectivity index (χ3v) is 4.81. The van der Waals surface area contributed by atoms with Gasteiger partial charge in [0.15, 0.2) is 5.65 Å².